The molecule has 1 atom stereocenters. The van der Waals surface area contributed by atoms with E-state index in [1.807, 2.05) is 11.8 Å². The number of hydrogen-bond acceptors (Lipinski definition) is 1. The molecule has 0 amide bonds. The summed E-state index contributed by atoms with van der Waals surface area (Å²) in [6.45, 7) is 2.26. The van der Waals surface area contributed by atoms with Crippen molar-refractivity contribution in [3.63, 3.8) is 0 Å². The van der Waals surface area contributed by atoms with Crippen LogP contribution in [0.25, 0.3) is 0 Å². The van der Waals surface area contributed by atoms with Crippen molar-refractivity contribution in [3.8, 4) is 0 Å². The normalized spacial score (nSPS) is 23.4. The fourth-order valence-corrected chi connectivity index (χ4v) is 1.32. The van der Waals surface area contributed by atoms with E-state index >= 15 is 0 Å². The zero-order valence-corrected chi connectivity index (χ0v) is 7.32. The lowest BCUT2D eigenvalue weighted by molar-refractivity contribution is 0.872. The second kappa shape index (κ2) is 4.27. The van der Waals surface area contributed by atoms with Gasteiger partial charge in [0, 0.05) is 5.25 Å². The van der Waals surface area contributed by atoms with Crippen LogP contribution < -0.4 is 0 Å². The molecule has 55 valence electrons. The summed E-state index contributed by atoms with van der Waals surface area (Å²) in [6, 6.07) is 0. The van der Waals surface area contributed by atoms with E-state index in [2.05, 4.69) is 38.9 Å². The van der Waals surface area contributed by atoms with E-state index in [4.69, 9.17) is 0 Å². The molecule has 10 heavy (non-hydrogen) atoms. The van der Waals surface area contributed by atoms with Gasteiger partial charge in [0.25, 0.3) is 0 Å². The molecule has 0 nitrogen and oxygen atoms in total. The summed E-state index contributed by atoms with van der Waals surface area (Å²) in [6.07, 6.45) is 11.9. The van der Waals surface area contributed by atoms with Gasteiger partial charge in [-0.15, -0.1) is 0 Å². The van der Waals surface area contributed by atoms with Crippen molar-refractivity contribution in [2.75, 3.05) is 6.26 Å². The van der Waals surface area contributed by atoms with Gasteiger partial charge in [0.05, 0.1) is 0 Å². The summed E-state index contributed by atoms with van der Waals surface area (Å²) in [5.74, 6) is 1.46. The summed E-state index contributed by atoms with van der Waals surface area (Å²) < 4.78 is 0. The van der Waals surface area contributed by atoms with Crippen LogP contribution in [0.5, 0.6) is 0 Å². The average Bonchev–Trinajstić information content (AvgIpc) is 2.40. The van der Waals surface area contributed by atoms with Crippen molar-refractivity contribution in [1.29, 1.82) is 0 Å². The predicted molar refractivity (Wildman–Crippen MR) is 48.0 cm³/mol. The summed E-state index contributed by atoms with van der Waals surface area (Å²) in [7, 11) is 0. The van der Waals surface area contributed by atoms with E-state index in [9.17, 15) is 0 Å². The molecule has 0 N–H and O–H groups in total. The fourth-order valence-electron chi connectivity index (χ4n) is 0.965. The van der Waals surface area contributed by atoms with Gasteiger partial charge in [0.1, 0.15) is 0 Å². The first kappa shape index (κ1) is 8.45. The van der Waals surface area contributed by atoms with E-state index in [0.29, 0.717) is 0 Å². The third-order valence-corrected chi connectivity index (χ3v) is 2.63. The molecular formula is C9H13S. The van der Waals surface area contributed by atoms with Gasteiger partial charge in [-0.3, -0.25) is 0 Å². The highest BCUT2D eigenvalue weighted by atomic mass is 32.2. The Balaban J connectivity index is 2.11. The molecule has 0 aromatic rings. The van der Waals surface area contributed by atoms with Crippen molar-refractivity contribution >= 4 is 11.8 Å². The van der Waals surface area contributed by atoms with Gasteiger partial charge in [-0.1, -0.05) is 6.92 Å². The highest BCUT2D eigenvalue weighted by Crippen LogP contribution is 2.29. The maximum absolute atomic E-state index is 2.26. The molecular weight excluding hydrogens is 140 g/mol. The van der Waals surface area contributed by atoms with E-state index in [-0.39, 0.29) is 0 Å². The Morgan fingerprint density at radius 2 is 2.00 bits per heavy atom. The minimum absolute atomic E-state index is 0.752. The van der Waals surface area contributed by atoms with E-state index in [1.54, 1.807) is 0 Å². The zero-order valence-electron chi connectivity index (χ0n) is 6.50. The molecule has 0 saturated heterocycles. The number of rotatable bonds is 3. The van der Waals surface area contributed by atoms with Crippen LogP contribution in [-0.4, -0.2) is 11.5 Å². The largest absolute Gasteiger partial charge is 0.162 e. The number of hydrogen-bond donors (Lipinski definition) is 0. The van der Waals surface area contributed by atoms with Gasteiger partial charge in [0.2, 0.25) is 0 Å². The topological polar surface area (TPSA) is 0 Å². The standard InChI is InChI=1S/C9H13S/c1-8(10-2)7-9-5-3-4-6-9/h3-6,8H,7H2,1-2H3/t8-/m1/s1. The first-order valence-corrected chi connectivity index (χ1v) is 4.85. The first-order chi connectivity index (χ1) is 4.83. The van der Waals surface area contributed by atoms with E-state index in [0.717, 1.165) is 5.25 Å². The third-order valence-electron chi connectivity index (χ3n) is 1.66. The summed E-state index contributed by atoms with van der Waals surface area (Å²) in [4.78, 5) is 0. The Morgan fingerprint density at radius 1 is 1.40 bits per heavy atom. The average molecular weight is 153 g/mol. The maximum Gasteiger partial charge on any atom is 0.00216 e. The van der Waals surface area contributed by atoms with Gasteiger partial charge < -0.3 is 0 Å². The van der Waals surface area contributed by atoms with Gasteiger partial charge >= 0.3 is 0 Å². The molecule has 1 aliphatic rings. The van der Waals surface area contributed by atoms with Crippen LogP contribution in [0.4, 0.5) is 0 Å². The Bertz CT molecular complexity index is 84.7. The highest BCUT2D eigenvalue weighted by Gasteiger charge is 2.18. The first-order valence-electron chi connectivity index (χ1n) is 3.56. The summed E-state index contributed by atoms with van der Waals surface area (Å²) in [5.41, 5.74) is 0. The fraction of sp³-hybridized carbons (Fsp3) is 0.444. The van der Waals surface area contributed by atoms with Gasteiger partial charge in [-0.25, -0.2) is 0 Å². The van der Waals surface area contributed by atoms with Crippen LogP contribution in [-0.2, 0) is 0 Å². The molecule has 0 spiro atoms. The summed E-state index contributed by atoms with van der Waals surface area (Å²) in [5, 5.41) is 0.752. The second-order valence-electron chi connectivity index (χ2n) is 2.54. The Hall–Kier alpha value is 0.350. The molecule has 1 aliphatic carbocycles. The molecule has 0 unspecified atom stereocenters. The second-order valence-corrected chi connectivity index (χ2v) is 3.82. The van der Waals surface area contributed by atoms with Crippen molar-refractivity contribution < 1.29 is 0 Å². The monoisotopic (exact) mass is 153 g/mol. The molecule has 0 aliphatic heterocycles. The third kappa shape index (κ3) is 2.53. The molecule has 1 saturated carbocycles. The van der Waals surface area contributed by atoms with E-state index in [1.165, 1.54) is 12.3 Å². The van der Waals surface area contributed by atoms with Crippen LogP contribution >= 0.6 is 11.8 Å². The molecule has 0 bridgehead atoms. The van der Waals surface area contributed by atoms with Crippen LogP contribution in [0.3, 0.4) is 0 Å². The highest BCUT2D eigenvalue weighted by molar-refractivity contribution is 7.99. The Labute approximate surface area is 68.8 Å². The molecule has 1 rings (SSSR count). The minimum Gasteiger partial charge on any atom is -0.162 e. The molecule has 0 heterocycles. The van der Waals surface area contributed by atoms with Gasteiger partial charge in [-0.2, -0.15) is 11.8 Å². The van der Waals surface area contributed by atoms with Crippen molar-refractivity contribution in [1.82, 2.24) is 0 Å². The molecule has 0 aromatic carbocycles. The molecule has 0 aromatic heterocycles. The zero-order chi connectivity index (χ0) is 7.40. The maximum atomic E-state index is 2.26. The minimum atomic E-state index is 0.752. The van der Waals surface area contributed by atoms with Crippen LogP contribution in [0, 0.1) is 31.6 Å². The predicted octanol–water partition coefficient (Wildman–Crippen LogP) is 2.53. The lowest BCUT2D eigenvalue weighted by Crippen LogP contribution is -2.02. The van der Waals surface area contributed by atoms with Gasteiger partial charge in [0.15, 0.2) is 0 Å². The quantitative estimate of drug-likeness (QED) is 0.600. The van der Waals surface area contributed by atoms with Gasteiger partial charge in [-0.05, 0) is 44.3 Å². The molecule has 1 fully saturated rings. The van der Waals surface area contributed by atoms with E-state index < -0.39 is 0 Å². The Morgan fingerprint density at radius 3 is 2.50 bits per heavy atom. The molecule has 1 heteroatoms. The molecule has 5 radical (unpaired) electrons. The lowest BCUT2D eigenvalue weighted by Gasteiger charge is -2.11. The smallest absolute Gasteiger partial charge is 0.00216 e. The lowest BCUT2D eigenvalue weighted by atomic mass is 10.0. The number of thioether (sulfide) groups is 1. The van der Waals surface area contributed by atoms with Crippen molar-refractivity contribution in [2.45, 2.75) is 18.6 Å². The van der Waals surface area contributed by atoms with Crippen LogP contribution in [0.2, 0.25) is 0 Å². The van der Waals surface area contributed by atoms with Crippen LogP contribution in [0.15, 0.2) is 0 Å². The van der Waals surface area contributed by atoms with Crippen molar-refractivity contribution in [2.24, 2.45) is 0 Å². The summed E-state index contributed by atoms with van der Waals surface area (Å²) >= 11 is 1.92. The Kier molecular flexibility index (Phi) is 3.61. The van der Waals surface area contributed by atoms with Crippen molar-refractivity contribution in [3.05, 3.63) is 31.6 Å². The van der Waals surface area contributed by atoms with Crippen LogP contribution in [0.1, 0.15) is 13.3 Å². The SMILES string of the molecule is CS[C@H](C)C[C]1[CH][CH][CH][CH]1.